The predicted octanol–water partition coefficient (Wildman–Crippen LogP) is 6.75. The fourth-order valence-electron chi connectivity index (χ4n) is 7.50. The van der Waals surface area contributed by atoms with Gasteiger partial charge < -0.3 is 9.88 Å². The highest BCUT2D eigenvalue weighted by Gasteiger charge is 2.51. The zero-order valence-electron chi connectivity index (χ0n) is 19.2. The van der Waals surface area contributed by atoms with Gasteiger partial charge >= 0.3 is 0 Å². The molecule has 0 spiro atoms. The van der Waals surface area contributed by atoms with Crippen molar-refractivity contribution in [1.29, 1.82) is 0 Å². The highest BCUT2D eigenvalue weighted by Crippen LogP contribution is 2.55. The minimum absolute atomic E-state index is 0.125. The Morgan fingerprint density at radius 2 is 1.64 bits per heavy atom. The minimum atomic E-state index is 0.125. The predicted molar refractivity (Wildman–Crippen MR) is 134 cm³/mol. The van der Waals surface area contributed by atoms with Crippen molar-refractivity contribution >= 4 is 28.4 Å². The Bertz CT molecular complexity index is 1130. The highest BCUT2D eigenvalue weighted by molar-refractivity contribution is 6.30. The number of nitrogens with one attached hydrogen (secondary N) is 1. The maximum atomic E-state index is 12.9. The van der Waals surface area contributed by atoms with Gasteiger partial charge in [0.1, 0.15) is 0 Å². The summed E-state index contributed by atoms with van der Waals surface area (Å²) in [7, 11) is 0. The quantitative estimate of drug-likeness (QED) is 0.415. The Labute approximate surface area is 201 Å². The molecule has 1 aromatic heterocycles. The van der Waals surface area contributed by atoms with Crippen LogP contribution < -0.4 is 5.32 Å². The van der Waals surface area contributed by atoms with Crippen molar-refractivity contribution in [2.45, 2.75) is 69.9 Å². The molecule has 0 atom stereocenters. The van der Waals surface area contributed by atoms with Crippen LogP contribution in [0.3, 0.4) is 0 Å². The first-order chi connectivity index (χ1) is 16.1. The summed E-state index contributed by atoms with van der Waals surface area (Å²) in [6.45, 7) is 0.824. The van der Waals surface area contributed by atoms with Crippen LogP contribution in [0.2, 0.25) is 5.02 Å². The maximum absolute atomic E-state index is 12.9. The molecule has 172 valence electrons. The number of nitrogens with zero attached hydrogens (tertiary/aromatic N) is 1. The molecule has 0 saturated heterocycles. The molecule has 4 fully saturated rings. The van der Waals surface area contributed by atoms with Crippen LogP contribution in [0.15, 0.2) is 54.7 Å². The highest BCUT2D eigenvalue weighted by atomic mass is 35.5. The Kier molecular flexibility index (Phi) is 5.49. The molecule has 4 saturated carbocycles. The zero-order chi connectivity index (χ0) is 22.4. The molecule has 7 rings (SSSR count). The minimum Gasteiger partial charge on any atom is -0.351 e. The Morgan fingerprint density at radius 3 is 2.33 bits per heavy atom. The average molecular weight is 461 g/mol. The summed E-state index contributed by atoms with van der Waals surface area (Å²) in [6.07, 6.45) is 12.6. The van der Waals surface area contributed by atoms with Crippen molar-refractivity contribution in [2.75, 3.05) is 0 Å². The normalized spacial score (nSPS) is 27.8. The van der Waals surface area contributed by atoms with Crippen LogP contribution in [-0.2, 0) is 17.8 Å². The van der Waals surface area contributed by atoms with Crippen molar-refractivity contribution < 1.29 is 4.79 Å². The van der Waals surface area contributed by atoms with Crippen molar-refractivity contribution in [3.63, 3.8) is 0 Å². The molecule has 3 nitrogen and oxygen atoms in total. The number of para-hydroxylation sites is 1. The van der Waals surface area contributed by atoms with Crippen LogP contribution in [0, 0.1) is 17.8 Å². The van der Waals surface area contributed by atoms with Crippen molar-refractivity contribution in [1.82, 2.24) is 9.88 Å². The zero-order valence-corrected chi connectivity index (χ0v) is 20.0. The second kappa shape index (κ2) is 8.51. The molecule has 4 heteroatoms. The number of aromatic nitrogens is 1. The molecule has 4 aliphatic rings. The molecule has 1 N–H and O–H groups in total. The first kappa shape index (κ1) is 21.3. The Balaban J connectivity index is 1.10. The van der Waals surface area contributed by atoms with E-state index in [0.29, 0.717) is 6.42 Å². The number of benzene rings is 2. The van der Waals surface area contributed by atoms with Gasteiger partial charge in [-0.3, -0.25) is 4.79 Å². The second-order valence-corrected chi connectivity index (χ2v) is 11.5. The summed E-state index contributed by atoms with van der Waals surface area (Å²) in [5.74, 6) is 2.86. The first-order valence-corrected chi connectivity index (χ1v) is 13.1. The maximum Gasteiger partial charge on any atom is 0.220 e. The van der Waals surface area contributed by atoms with Crippen molar-refractivity contribution in [3.8, 4) is 0 Å². The standard InChI is InChI=1S/C29H33ClN2O/c30-25-10-8-20(9-11-25)18-32-19-24(26-5-1-2-6-27(26)32)4-3-7-28(33)31-29-15-21-12-22(16-29)14-23(13-21)17-29/h1-2,5-6,8-11,19,21-23H,3-4,7,12-18H2,(H,31,33). The number of amides is 1. The number of hydrogen-bond acceptors (Lipinski definition) is 1. The summed E-state index contributed by atoms with van der Waals surface area (Å²) >= 11 is 6.06. The largest absolute Gasteiger partial charge is 0.351 e. The van der Waals surface area contributed by atoms with Gasteiger partial charge in [-0.2, -0.15) is 0 Å². The van der Waals surface area contributed by atoms with E-state index in [1.807, 2.05) is 12.1 Å². The summed E-state index contributed by atoms with van der Waals surface area (Å²) in [4.78, 5) is 12.9. The summed E-state index contributed by atoms with van der Waals surface area (Å²) in [6, 6.07) is 16.7. The fourth-order valence-corrected chi connectivity index (χ4v) is 7.63. The van der Waals surface area contributed by atoms with Gasteiger partial charge in [-0.1, -0.05) is 41.9 Å². The van der Waals surface area contributed by atoms with Gasteiger partial charge in [0.2, 0.25) is 5.91 Å². The third-order valence-electron chi connectivity index (χ3n) is 8.43. The van der Waals surface area contributed by atoms with Crippen LogP contribution in [0.1, 0.15) is 62.5 Å². The first-order valence-electron chi connectivity index (χ1n) is 12.7. The van der Waals surface area contributed by atoms with Gasteiger partial charge in [-0.05, 0) is 98.4 Å². The smallest absolute Gasteiger partial charge is 0.220 e. The van der Waals surface area contributed by atoms with E-state index in [1.54, 1.807) is 0 Å². The van der Waals surface area contributed by atoms with Crippen molar-refractivity contribution in [3.05, 3.63) is 70.9 Å². The van der Waals surface area contributed by atoms with E-state index in [1.165, 1.54) is 60.6 Å². The van der Waals surface area contributed by atoms with Gasteiger partial charge in [-0.15, -0.1) is 0 Å². The van der Waals surface area contributed by atoms with Crippen LogP contribution in [0.5, 0.6) is 0 Å². The van der Waals surface area contributed by atoms with Gasteiger partial charge in [0.25, 0.3) is 0 Å². The molecule has 0 unspecified atom stereocenters. The van der Waals surface area contributed by atoms with Crippen LogP contribution in [-0.4, -0.2) is 16.0 Å². The lowest BCUT2D eigenvalue weighted by atomic mass is 9.53. The molecule has 4 aliphatic carbocycles. The van der Waals surface area contributed by atoms with Gasteiger partial charge in [-0.25, -0.2) is 0 Å². The van der Waals surface area contributed by atoms with E-state index < -0.39 is 0 Å². The van der Waals surface area contributed by atoms with E-state index in [0.717, 1.165) is 42.2 Å². The molecule has 0 aliphatic heterocycles. The van der Waals surface area contributed by atoms with Crippen molar-refractivity contribution in [2.24, 2.45) is 17.8 Å². The molecular weight excluding hydrogens is 428 g/mol. The molecule has 1 heterocycles. The molecule has 1 amide bonds. The number of halogens is 1. The lowest BCUT2D eigenvalue weighted by Crippen LogP contribution is -2.59. The van der Waals surface area contributed by atoms with Gasteiger partial charge in [0.05, 0.1) is 0 Å². The number of rotatable bonds is 7. The molecule has 33 heavy (non-hydrogen) atoms. The number of aryl methyl sites for hydroxylation is 1. The number of hydrogen-bond donors (Lipinski definition) is 1. The van der Waals surface area contributed by atoms with Crippen LogP contribution >= 0.6 is 11.6 Å². The van der Waals surface area contributed by atoms with Gasteiger partial charge in [0, 0.05) is 40.6 Å². The van der Waals surface area contributed by atoms with Crippen LogP contribution in [0.4, 0.5) is 0 Å². The monoisotopic (exact) mass is 460 g/mol. The van der Waals surface area contributed by atoms with E-state index in [-0.39, 0.29) is 11.4 Å². The molecule has 2 aromatic carbocycles. The number of carbonyl (C=O) groups is 1. The van der Waals surface area contributed by atoms with E-state index in [4.69, 9.17) is 11.6 Å². The van der Waals surface area contributed by atoms with E-state index >= 15 is 0 Å². The Morgan fingerprint density at radius 1 is 0.970 bits per heavy atom. The number of carbonyl (C=O) groups excluding carboxylic acids is 1. The topological polar surface area (TPSA) is 34.0 Å². The molecule has 0 radical (unpaired) electrons. The number of fused-ring (bicyclic) bond motifs is 1. The summed E-state index contributed by atoms with van der Waals surface area (Å²) in [5.41, 5.74) is 3.95. The third kappa shape index (κ3) is 4.33. The third-order valence-corrected chi connectivity index (χ3v) is 8.68. The average Bonchev–Trinajstić information content (AvgIpc) is 3.11. The summed E-state index contributed by atoms with van der Waals surface area (Å²) < 4.78 is 2.32. The molecule has 4 bridgehead atoms. The summed E-state index contributed by atoms with van der Waals surface area (Å²) in [5, 5.41) is 5.60. The lowest BCUT2D eigenvalue weighted by molar-refractivity contribution is -0.126. The van der Waals surface area contributed by atoms with Gasteiger partial charge in [0.15, 0.2) is 0 Å². The van der Waals surface area contributed by atoms with E-state index in [2.05, 4.69) is 52.5 Å². The molecule has 3 aromatic rings. The molecular formula is C29H33ClN2O. The SMILES string of the molecule is O=C(CCCc1cn(Cc2ccc(Cl)cc2)c2ccccc12)NC12CC3CC(CC(C3)C1)C2. The van der Waals surface area contributed by atoms with E-state index in [9.17, 15) is 4.79 Å². The fraction of sp³-hybridized carbons (Fsp3) is 0.483. The Hall–Kier alpha value is -2.26. The van der Waals surface area contributed by atoms with Crippen LogP contribution in [0.25, 0.3) is 10.9 Å². The lowest BCUT2D eigenvalue weighted by Gasteiger charge is -2.56. The second-order valence-electron chi connectivity index (χ2n) is 11.0.